The number of imidazole rings is 1. The Morgan fingerprint density at radius 1 is 0.793 bits per heavy atom. The van der Waals surface area contributed by atoms with E-state index in [4.69, 9.17) is 80.3 Å². The molecule has 2 aromatic rings. The number of amides is 7. The van der Waals surface area contributed by atoms with Crippen LogP contribution in [0.1, 0.15) is 143 Å². The number of allylic oxidation sites excluding steroid dienone is 6. The molecule has 6 aliphatic rings. The second-order valence-electron chi connectivity index (χ2n) is 26.5. The molecule has 0 saturated carbocycles. The molecule has 0 radical (unpaired) electrons. The molecule has 502 valence electrons. The Balaban J connectivity index is 0.00000444. The molecule has 1 unspecified atom stereocenters. The third kappa shape index (κ3) is 14.2. The Morgan fingerprint density at radius 2 is 1.38 bits per heavy atom. The molecule has 8 bridgehead atoms. The van der Waals surface area contributed by atoms with Crippen molar-refractivity contribution in [1.29, 1.82) is 5.26 Å². The minimum absolute atomic E-state index is 0. The summed E-state index contributed by atoms with van der Waals surface area (Å²) in [5.41, 5.74) is 36.6. The zero-order valence-corrected chi connectivity index (χ0v) is 55.5. The number of nitrogens with two attached hydrogens (primary N) is 6. The summed E-state index contributed by atoms with van der Waals surface area (Å²) in [6.45, 7) is 21.7. The first-order valence-electron chi connectivity index (χ1n) is 30.3. The minimum Gasteiger partial charge on any atom is -0.756 e. The summed E-state index contributed by atoms with van der Waals surface area (Å²) in [5.74, 6) is -7.38. The van der Waals surface area contributed by atoms with E-state index in [2.05, 4.69) is 10.3 Å². The molecule has 6 aliphatic heterocycles. The molecule has 30 heteroatoms. The third-order valence-corrected chi connectivity index (χ3v) is 21.3. The zero-order valence-electron chi connectivity index (χ0n) is 53.6. The van der Waals surface area contributed by atoms with Gasteiger partial charge in [0.1, 0.15) is 18.3 Å². The van der Waals surface area contributed by atoms with Gasteiger partial charge in [-0.15, -0.1) is 0 Å². The predicted molar refractivity (Wildman–Crippen MR) is 332 cm³/mol. The number of carbonyl (C=O) groups excluding carboxylic acids is 7. The third-order valence-electron chi connectivity index (χ3n) is 20.3. The Morgan fingerprint density at radius 3 is 1.96 bits per heavy atom. The Hall–Kier alpha value is -7.00. The van der Waals surface area contributed by atoms with Gasteiger partial charge in [-0.1, -0.05) is 40.7 Å². The topological polar surface area (TPSA) is 489 Å². The second-order valence-corrected chi connectivity index (χ2v) is 27.8. The molecule has 2 saturated heterocycles. The maximum Gasteiger partial charge on any atom is 3.00 e. The number of hydrogen-bond acceptors (Lipinski definition) is 19. The van der Waals surface area contributed by atoms with Crippen LogP contribution in [-0.4, -0.2) is 128 Å². The molecule has 7 amide bonds. The second kappa shape index (κ2) is 28.3. The van der Waals surface area contributed by atoms with Gasteiger partial charge >= 0.3 is 16.8 Å². The summed E-state index contributed by atoms with van der Waals surface area (Å²) >= 11 is 0. The summed E-state index contributed by atoms with van der Waals surface area (Å²) < 4.78 is 31.4. The number of phosphoric ester groups is 1. The van der Waals surface area contributed by atoms with Crippen molar-refractivity contribution in [2.75, 3.05) is 19.8 Å². The molecule has 8 rings (SSSR count). The Bertz CT molecular complexity index is 3560. The van der Waals surface area contributed by atoms with Crippen LogP contribution in [0.3, 0.4) is 0 Å². The first kappa shape index (κ1) is 74.0. The van der Waals surface area contributed by atoms with Crippen LogP contribution in [-0.2, 0) is 68.7 Å². The van der Waals surface area contributed by atoms with Gasteiger partial charge in [0.15, 0.2) is 6.23 Å². The van der Waals surface area contributed by atoms with Crippen molar-refractivity contribution in [3.8, 4) is 0 Å². The molecule has 92 heavy (non-hydrogen) atoms. The number of nitrogens with one attached hydrogen (secondary N) is 1. The van der Waals surface area contributed by atoms with Crippen LogP contribution in [0.15, 0.2) is 67.8 Å². The standard InChI is InChI=1S/C61H88N13O14P.CN.Co/c1-29-21-38-39(22-30(29)2)74(28-69-38)56-51(83)52(40(27-75)87-56)88-89(84,85)86-20-19-68-48(82)17-18-58(7)36(23-45(65)79)55-61(10)60(9,26-47(67)81)35(13-16-44(64)78)50(73-61)32(4)54-59(8,25-46(66)80)33(11-14-42(62)76)37(70-54)24-41-57(5,6)34(12-15-43(63)77)49(71-41)31(3)53(58)72-55;1-2;/h21-22,24,28,33-36,40,51-52,55-56,75,83H,11-20,23,25-27H2,1-10H3,(H15,62,63,64,65,66,67,68,70,71,72,73,76,77,78,79,80,81,82,84,85);;/q;-1;+3/p-2/t33-,34-,35-,36+,40-,51-,52+,55-,56+,58-,59+,60+,61+;;/m1../s1. The van der Waals surface area contributed by atoms with Crippen LogP contribution < -0.4 is 44.6 Å². The number of fused-ring (bicyclic) bond motifs is 7. The van der Waals surface area contributed by atoms with E-state index in [9.17, 15) is 53.2 Å². The zero-order chi connectivity index (χ0) is 67.8. The maximum absolute atomic E-state index is 14.2. The van der Waals surface area contributed by atoms with Crippen LogP contribution >= 0.6 is 7.82 Å². The van der Waals surface area contributed by atoms with Crippen molar-refractivity contribution in [2.24, 2.45) is 94.7 Å². The van der Waals surface area contributed by atoms with Crippen LogP contribution in [0, 0.1) is 71.0 Å². The summed E-state index contributed by atoms with van der Waals surface area (Å²) in [7, 11) is -5.26. The number of phosphoric acid groups is 1. The Kier molecular flexibility index (Phi) is 22.8. The van der Waals surface area contributed by atoms with Gasteiger partial charge in [0, 0.05) is 108 Å². The van der Waals surface area contributed by atoms with Crippen LogP contribution in [0.4, 0.5) is 0 Å². The number of ether oxygens (including phenoxy) is 1. The fourth-order valence-electron chi connectivity index (χ4n) is 15.2. The van der Waals surface area contributed by atoms with Crippen molar-refractivity contribution in [3.63, 3.8) is 0 Å². The largest absolute Gasteiger partial charge is 3.00 e. The summed E-state index contributed by atoms with van der Waals surface area (Å²) in [6.07, 6.45) is -3.48. The van der Waals surface area contributed by atoms with Crippen molar-refractivity contribution < 1.29 is 83.8 Å². The molecular weight excluding hydrogens is 1250 g/mol. The molecular formula is C62H86CoN14O14P. The van der Waals surface area contributed by atoms with Crippen LogP contribution in [0.25, 0.3) is 16.4 Å². The van der Waals surface area contributed by atoms with Gasteiger partial charge in [-0.2, -0.15) is 5.70 Å². The van der Waals surface area contributed by atoms with E-state index >= 15 is 0 Å². The molecule has 15 N–H and O–H groups in total. The van der Waals surface area contributed by atoms with E-state index in [0.29, 0.717) is 56.4 Å². The maximum atomic E-state index is 14.2. The van der Waals surface area contributed by atoms with Crippen molar-refractivity contribution in [3.05, 3.63) is 75.8 Å². The molecule has 1 aromatic carbocycles. The number of aliphatic hydroxyl groups is 2. The van der Waals surface area contributed by atoms with E-state index in [1.165, 1.54) is 10.9 Å². The van der Waals surface area contributed by atoms with E-state index in [1.54, 1.807) is 13.8 Å². The van der Waals surface area contributed by atoms with E-state index in [1.807, 2.05) is 73.6 Å². The minimum atomic E-state index is -5.26. The number of aryl methyl sites for hydroxylation is 2. The van der Waals surface area contributed by atoms with Gasteiger partial charge in [0.05, 0.1) is 41.8 Å². The molecule has 0 aliphatic carbocycles. The number of aromatic nitrogens is 2. The summed E-state index contributed by atoms with van der Waals surface area (Å²) in [5, 5.41) is 36.2. The van der Waals surface area contributed by atoms with Crippen LogP contribution in [0.2, 0.25) is 0 Å². The SMILES string of the molecule is C/C1=C2/[N-][C@H]([C@H](CC(N)=O)[C@@]2(C)CCC(=O)NCCOP(=O)([O-])O[C@@H]2[C@@H](O)[C@@H](n3cnc4cc(C)c(C)cc43)O[C@@H]2CO)[C@]2(C)N=C(/C(C)=C3\N=C(C=C4N=C1[C@@H](CCC(N)=O)C4(C)C)[C@@H](CCC(N)=O)[C@]3(C)CC(N)=O)[C@@H](CCC(N)=O)[C@]2(C)CC(N)=O.[C-]#N.[Co+3]. The monoisotopic (exact) mass is 1340 g/mol. The molecule has 2 fully saturated rings. The molecule has 28 nitrogen and oxygen atoms in total. The predicted octanol–water partition coefficient (Wildman–Crippen LogP) is 3.02. The quantitative estimate of drug-likeness (QED) is 0.0371. The van der Waals surface area contributed by atoms with Crippen LogP contribution in [0.5, 0.6) is 0 Å². The molecule has 14 atom stereocenters. The van der Waals surface area contributed by atoms with Gasteiger partial charge < -0.3 is 90.3 Å². The fraction of sp³-hybridized carbons (Fsp3) is 0.613. The number of aliphatic imine (C=N–C) groups is 3. The molecule has 0 spiro atoms. The average molecular weight is 1340 g/mol. The number of aliphatic hydroxyl groups excluding tert-OH is 2. The molecule has 1 aromatic heterocycles. The number of rotatable bonds is 26. The van der Waals surface area contributed by atoms with Crippen molar-refractivity contribution >= 4 is 77.3 Å². The summed E-state index contributed by atoms with van der Waals surface area (Å²) in [4.78, 5) is 127. The fourth-order valence-corrected chi connectivity index (χ4v) is 16.1. The number of primary amides is 6. The first-order chi connectivity index (χ1) is 42.4. The smallest absolute Gasteiger partial charge is 0.756 e. The van der Waals surface area contributed by atoms with Gasteiger partial charge in [-0.3, -0.25) is 53.1 Å². The first-order valence-corrected chi connectivity index (χ1v) is 31.7. The molecule has 7 heterocycles. The van der Waals surface area contributed by atoms with Crippen molar-refractivity contribution in [2.45, 2.75) is 176 Å². The van der Waals surface area contributed by atoms with E-state index in [0.717, 1.165) is 11.1 Å². The summed E-state index contributed by atoms with van der Waals surface area (Å²) in [6, 6.07) is 2.66. The number of hydrogen-bond donors (Lipinski definition) is 9. The average Bonchev–Trinajstić information content (AvgIpc) is 1.53. The number of benzene rings is 1. The Labute approximate surface area is 545 Å². The number of nitrogens with zero attached hydrogens (tertiary/aromatic N) is 7. The van der Waals surface area contributed by atoms with Gasteiger partial charge in [-0.05, 0) is 112 Å². The van der Waals surface area contributed by atoms with Crippen molar-refractivity contribution in [1.82, 2.24) is 14.9 Å². The normalized spacial score (nSPS) is 32.4. The van der Waals surface area contributed by atoms with Gasteiger partial charge in [0.25, 0.3) is 7.82 Å². The number of carbonyl (C=O) groups is 7. The van der Waals surface area contributed by atoms with E-state index in [-0.39, 0.29) is 94.0 Å². The van der Waals surface area contributed by atoms with E-state index < -0.39 is 144 Å². The van der Waals surface area contributed by atoms with Gasteiger partial charge in [0.2, 0.25) is 41.4 Å². The van der Waals surface area contributed by atoms with Gasteiger partial charge in [-0.25, -0.2) is 4.98 Å².